The van der Waals surface area contributed by atoms with Crippen molar-refractivity contribution in [3.63, 3.8) is 0 Å². The van der Waals surface area contributed by atoms with Gasteiger partial charge in [0.2, 0.25) is 0 Å². The summed E-state index contributed by atoms with van der Waals surface area (Å²) in [5.41, 5.74) is 3.56. The molecular formula is C20H28. The van der Waals surface area contributed by atoms with Crippen LogP contribution in [0.1, 0.15) is 41.7 Å². The zero-order valence-electron chi connectivity index (χ0n) is 10.3. The van der Waals surface area contributed by atoms with Gasteiger partial charge in [-0.3, -0.25) is 0 Å². The molecule has 2 aromatic rings. The molecule has 0 saturated heterocycles. The topological polar surface area (TPSA) is 0 Å². The molecule has 0 aliphatic heterocycles. The highest BCUT2D eigenvalue weighted by Gasteiger charge is 1.95. The summed E-state index contributed by atoms with van der Waals surface area (Å²) < 4.78 is 0. The van der Waals surface area contributed by atoms with Crippen molar-refractivity contribution in [3.05, 3.63) is 60.2 Å². The molecule has 0 aliphatic rings. The Hall–Kier alpha value is -2.00. The molecule has 0 spiro atoms. The largest absolute Gasteiger partial charge is 0.0951 e. The fourth-order valence-corrected chi connectivity index (χ4v) is 1.60. The Morgan fingerprint density at radius 2 is 1.20 bits per heavy atom. The van der Waals surface area contributed by atoms with Gasteiger partial charge in [-0.2, -0.15) is 0 Å². The maximum Gasteiger partial charge on any atom is 0.0245 e. The molecule has 0 atom stereocenters. The lowest BCUT2D eigenvalue weighted by Gasteiger charge is -2.00. The maximum atomic E-state index is 3.17. The second kappa shape index (κ2) is 9.87. The molecule has 2 rings (SSSR count). The smallest absolute Gasteiger partial charge is 0.0245 e. The summed E-state index contributed by atoms with van der Waals surface area (Å²) in [5.74, 6) is 6.76. The predicted octanol–water partition coefficient (Wildman–Crippen LogP) is 6.27. The third kappa shape index (κ3) is 5.76. The first-order valence-electron chi connectivity index (χ1n) is 5.93. The van der Waals surface area contributed by atoms with Gasteiger partial charge in [-0.15, -0.1) is 0 Å². The minimum Gasteiger partial charge on any atom is -0.0951 e. The highest BCUT2D eigenvalue weighted by molar-refractivity contribution is 5.64. The lowest BCUT2D eigenvalue weighted by molar-refractivity contribution is 0.866. The van der Waals surface area contributed by atoms with Crippen molar-refractivity contribution >= 4 is 0 Å². The van der Waals surface area contributed by atoms with Gasteiger partial charge in [-0.1, -0.05) is 90.4 Å². The average Bonchev–Trinajstić information content (AvgIpc) is 2.38. The van der Waals surface area contributed by atoms with Crippen LogP contribution in [0.25, 0.3) is 11.1 Å². The Morgan fingerprint density at radius 1 is 0.700 bits per heavy atom. The van der Waals surface area contributed by atoms with Gasteiger partial charge in [0.25, 0.3) is 0 Å². The molecular weight excluding hydrogens is 240 g/mol. The fourth-order valence-electron chi connectivity index (χ4n) is 1.60. The number of hydrogen-bond acceptors (Lipinski definition) is 0. The second-order valence-electron chi connectivity index (χ2n) is 4.37. The summed E-state index contributed by atoms with van der Waals surface area (Å²) in [7, 11) is 0. The number of hydrogen-bond donors (Lipinski definition) is 0. The third-order valence-corrected chi connectivity index (χ3v) is 2.50. The molecule has 0 aliphatic carbocycles. The van der Waals surface area contributed by atoms with Gasteiger partial charge >= 0.3 is 0 Å². The molecule has 0 N–H and O–H groups in total. The van der Waals surface area contributed by atoms with Crippen LogP contribution in [0, 0.1) is 17.8 Å². The highest BCUT2D eigenvalue weighted by Crippen LogP contribution is 2.18. The van der Waals surface area contributed by atoms with Crippen molar-refractivity contribution in [2.24, 2.45) is 5.92 Å². The standard InChI is InChI=1S/C17H16.3CH4/c1-14(2)8-9-15-10-12-17(13-11-15)16-6-4-3-5-7-16;;;/h3-7,10-14H,1-2H3;3*1H4. The minimum atomic E-state index is 0. The van der Waals surface area contributed by atoms with Crippen LogP contribution in [-0.4, -0.2) is 0 Å². The molecule has 0 unspecified atom stereocenters. The first-order valence-corrected chi connectivity index (χ1v) is 5.93. The Labute approximate surface area is 125 Å². The van der Waals surface area contributed by atoms with E-state index in [0.717, 1.165) is 5.56 Å². The van der Waals surface area contributed by atoms with Crippen LogP contribution < -0.4 is 0 Å². The van der Waals surface area contributed by atoms with E-state index in [2.05, 4.69) is 74.2 Å². The Balaban J connectivity index is 0. The van der Waals surface area contributed by atoms with E-state index in [9.17, 15) is 0 Å². The summed E-state index contributed by atoms with van der Waals surface area (Å²) in [6.45, 7) is 4.21. The van der Waals surface area contributed by atoms with Crippen LogP contribution in [0.2, 0.25) is 0 Å². The molecule has 0 aromatic heterocycles. The van der Waals surface area contributed by atoms with Gasteiger partial charge in [0.15, 0.2) is 0 Å². The van der Waals surface area contributed by atoms with E-state index in [1.165, 1.54) is 11.1 Å². The fraction of sp³-hybridized carbons (Fsp3) is 0.300. The van der Waals surface area contributed by atoms with Gasteiger partial charge < -0.3 is 0 Å². The van der Waals surface area contributed by atoms with Crippen molar-refractivity contribution in [1.82, 2.24) is 0 Å². The van der Waals surface area contributed by atoms with Gasteiger partial charge in [-0.25, -0.2) is 0 Å². The van der Waals surface area contributed by atoms with Crippen LogP contribution >= 0.6 is 0 Å². The van der Waals surface area contributed by atoms with Gasteiger partial charge in [0.1, 0.15) is 0 Å². The van der Waals surface area contributed by atoms with Crippen molar-refractivity contribution < 1.29 is 0 Å². The average molecular weight is 268 g/mol. The Bertz CT molecular complexity index is 522. The Kier molecular flexibility index (Phi) is 10.0. The molecule has 0 fully saturated rings. The minimum absolute atomic E-state index is 0. The second-order valence-corrected chi connectivity index (χ2v) is 4.37. The van der Waals surface area contributed by atoms with Crippen LogP contribution in [0.5, 0.6) is 0 Å². The highest BCUT2D eigenvalue weighted by atomic mass is 14.0. The van der Waals surface area contributed by atoms with E-state index < -0.39 is 0 Å². The summed E-state index contributed by atoms with van der Waals surface area (Å²) >= 11 is 0. The van der Waals surface area contributed by atoms with E-state index in [-0.39, 0.29) is 22.3 Å². The number of rotatable bonds is 1. The molecule has 0 radical (unpaired) electrons. The molecule has 20 heavy (non-hydrogen) atoms. The summed E-state index contributed by atoms with van der Waals surface area (Å²) in [6, 6.07) is 18.8. The number of benzene rings is 2. The van der Waals surface area contributed by atoms with Gasteiger partial charge in [0, 0.05) is 11.5 Å². The zero-order valence-corrected chi connectivity index (χ0v) is 10.3. The van der Waals surface area contributed by atoms with Crippen LogP contribution in [0.15, 0.2) is 54.6 Å². The van der Waals surface area contributed by atoms with Crippen molar-refractivity contribution in [2.75, 3.05) is 0 Å². The van der Waals surface area contributed by atoms with Gasteiger partial charge in [-0.05, 0) is 23.3 Å². The molecule has 0 heterocycles. The lowest BCUT2D eigenvalue weighted by atomic mass is 10.0. The molecule has 0 amide bonds. The van der Waals surface area contributed by atoms with Gasteiger partial charge in [0.05, 0.1) is 0 Å². The summed E-state index contributed by atoms with van der Waals surface area (Å²) in [5, 5.41) is 0. The van der Waals surface area contributed by atoms with E-state index in [0.29, 0.717) is 5.92 Å². The van der Waals surface area contributed by atoms with Crippen molar-refractivity contribution in [1.29, 1.82) is 0 Å². The van der Waals surface area contributed by atoms with E-state index in [4.69, 9.17) is 0 Å². The molecule has 2 aromatic carbocycles. The molecule has 108 valence electrons. The van der Waals surface area contributed by atoms with Crippen LogP contribution in [-0.2, 0) is 0 Å². The summed E-state index contributed by atoms with van der Waals surface area (Å²) in [6.07, 6.45) is 0. The van der Waals surface area contributed by atoms with E-state index in [1.807, 2.05) is 6.07 Å². The normalized spacial score (nSPS) is 8.35. The van der Waals surface area contributed by atoms with Crippen molar-refractivity contribution in [2.45, 2.75) is 36.1 Å². The Morgan fingerprint density at radius 3 is 1.70 bits per heavy atom. The third-order valence-electron chi connectivity index (χ3n) is 2.50. The van der Waals surface area contributed by atoms with E-state index in [1.54, 1.807) is 0 Å². The van der Waals surface area contributed by atoms with Crippen LogP contribution in [0.4, 0.5) is 0 Å². The summed E-state index contributed by atoms with van der Waals surface area (Å²) in [4.78, 5) is 0. The lowest BCUT2D eigenvalue weighted by Crippen LogP contribution is -1.81. The molecule has 0 nitrogen and oxygen atoms in total. The molecule has 0 heteroatoms. The SMILES string of the molecule is C.C.C.CC(C)C#Cc1ccc(-c2ccccc2)cc1. The predicted molar refractivity (Wildman–Crippen MR) is 93.8 cm³/mol. The molecule has 0 saturated carbocycles. The first kappa shape index (κ1) is 20.3. The zero-order chi connectivity index (χ0) is 12.1. The first-order chi connectivity index (χ1) is 8.25. The molecule has 0 bridgehead atoms. The quantitative estimate of drug-likeness (QED) is 0.535. The monoisotopic (exact) mass is 268 g/mol. The maximum absolute atomic E-state index is 3.17. The van der Waals surface area contributed by atoms with E-state index >= 15 is 0 Å². The van der Waals surface area contributed by atoms with Crippen molar-refractivity contribution in [3.8, 4) is 23.0 Å². The van der Waals surface area contributed by atoms with Crippen LogP contribution in [0.3, 0.4) is 0 Å².